The first-order chi connectivity index (χ1) is 14.7. The summed E-state index contributed by atoms with van der Waals surface area (Å²) in [4.78, 5) is 17.1. The van der Waals surface area contributed by atoms with E-state index in [4.69, 9.17) is 5.73 Å². The van der Waals surface area contributed by atoms with Crippen molar-refractivity contribution in [2.45, 2.75) is 6.92 Å². The van der Waals surface area contributed by atoms with Crippen LogP contribution in [0, 0.1) is 6.92 Å². The molecule has 0 spiro atoms. The average molecular weight is 395 g/mol. The van der Waals surface area contributed by atoms with E-state index in [0.29, 0.717) is 5.71 Å². The summed E-state index contributed by atoms with van der Waals surface area (Å²) in [5, 5.41) is 4.57. The number of rotatable bonds is 5. The molecule has 2 N–H and O–H groups in total. The Kier molecular flexibility index (Phi) is 5.39. The molecular formula is C24H21N5O. The molecule has 0 saturated heterocycles. The van der Waals surface area contributed by atoms with Gasteiger partial charge in [0.25, 0.3) is 0 Å². The van der Waals surface area contributed by atoms with Gasteiger partial charge in [0.15, 0.2) is 5.69 Å². The van der Waals surface area contributed by atoms with Crippen LogP contribution in [0.1, 0.15) is 11.3 Å². The second-order valence-corrected chi connectivity index (χ2v) is 6.73. The van der Waals surface area contributed by atoms with Gasteiger partial charge in [-0.25, -0.2) is 9.67 Å². The van der Waals surface area contributed by atoms with Crippen LogP contribution >= 0.6 is 0 Å². The molecule has 4 rings (SSSR count). The molecule has 0 bridgehead atoms. The largest absolute Gasteiger partial charge is 0.405 e. The van der Waals surface area contributed by atoms with Crippen LogP contribution < -0.4 is 11.2 Å². The summed E-state index contributed by atoms with van der Waals surface area (Å²) in [5.74, 6) is 0. The van der Waals surface area contributed by atoms with Crippen molar-refractivity contribution < 1.29 is 0 Å². The quantitative estimate of drug-likeness (QED) is 0.520. The van der Waals surface area contributed by atoms with Gasteiger partial charge < -0.3 is 10.3 Å². The second kappa shape index (κ2) is 8.45. The molecule has 6 nitrogen and oxygen atoms in total. The lowest BCUT2D eigenvalue weighted by Crippen LogP contribution is -2.20. The Morgan fingerprint density at radius 3 is 2.47 bits per heavy atom. The highest BCUT2D eigenvalue weighted by Gasteiger charge is 2.11. The zero-order valence-electron chi connectivity index (χ0n) is 16.5. The topological polar surface area (TPSA) is 78.2 Å². The molecule has 30 heavy (non-hydrogen) atoms. The zero-order chi connectivity index (χ0) is 20.9. The van der Waals surface area contributed by atoms with Gasteiger partial charge in [-0.15, -0.1) is 0 Å². The SMILES string of the molecule is Cc1cc(-n2cccc2)ccc1-n1ccc(=O)c(C(C=CN)=Nc2ccccc2)n1. The van der Waals surface area contributed by atoms with E-state index in [1.807, 2.05) is 78.5 Å². The number of para-hydroxylation sites is 1. The third kappa shape index (κ3) is 3.98. The van der Waals surface area contributed by atoms with Gasteiger partial charge in [-0.2, -0.15) is 5.10 Å². The molecule has 0 fully saturated rings. The van der Waals surface area contributed by atoms with Gasteiger partial charge in [0.1, 0.15) is 0 Å². The van der Waals surface area contributed by atoms with Gasteiger partial charge in [-0.05, 0) is 67.2 Å². The Balaban J connectivity index is 1.78. The third-order valence-electron chi connectivity index (χ3n) is 4.64. The number of nitrogens with zero attached hydrogens (tertiary/aromatic N) is 4. The number of benzene rings is 2. The number of aliphatic imine (C=N–C) groups is 1. The number of hydrogen-bond donors (Lipinski definition) is 1. The fraction of sp³-hybridized carbons (Fsp3) is 0.0417. The van der Waals surface area contributed by atoms with Crippen LogP contribution in [-0.2, 0) is 0 Å². The standard InChI is InChI=1S/C24H21N5O/c1-18-17-20(28-14-5-6-15-28)9-10-22(18)29-16-12-23(30)24(27-29)21(11-13-25)26-19-7-3-2-4-8-19/h2-17H,25H2,1H3. The Hall–Kier alpha value is -4.19. The third-order valence-corrected chi connectivity index (χ3v) is 4.64. The highest BCUT2D eigenvalue weighted by atomic mass is 16.1. The van der Waals surface area contributed by atoms with Gasteiger partial charge in [0.2, 0.25) is 5.43 Å². The number of aromatic nitrogens is 3. The first-order valence-corrected chi connectivity index (χ1v) is 9.52. The van der Waals surface area contributed by atoms with Crippen molar-refractivity contribution in [3.05, 3.63) is 119 Å². The van der Waals surface area contributed by atoms with Crippen LogP contribution in [0.5, 0.6) is 0 Å². The van der Waals surface area contributed by atoms with Gasteiger partial charge in [0, 0.05) is 30.3 Å². The van der Waals surface area contributed by atoms with Crippen LogP contribution in [0.25, 0.3) is 11.4 Å². The van der Waals surface area contributed by atoms with Crippen molar-refractivity contribution in [1.29, 1.82) is 0 Å². The Morgan fingerprint density at radius 2 is 1.77 bits per heavy atom. The van der Waals surface area contributed by atoms with E-state index in [1.165, 1.54) is 12.3 Å². The van der Waals surface area contributed by atoms with Crippen LogP contribution in [0.15, 0.2) is 107 Å². The number of nitrogens with two attached hydrogens (primary N) is 1. The number of hydrogen-bond acceptors (Lipinski definition) is 4. The normalized spacial score (nSPS) is 11.8. The molecule has 2 heterocycles. The smallest absolute Gasteiger partial charge is 0.209 e. The van der Waals surface area contributed by atoms with Gasteiger partial charge >= 0.3 is 0 Å². The van der Waals surface area contributed by atoms with Gasteiger partial charge in [-0.3, -0.25) is 4.79 Å². The summed E-state index contributed by atoms with van der Waals surface area (Å²) >= 11 is 0. The minimum absolute atomic E-state index is 0.222. The van der Waals surface area contributed by atoms with Crippen molar-refractivity contribution in [1.82, 2.24) is 14.3 Å². The first kappa shape index (κ1) is 19.1. The van der Waals surface area contributed by atoms with E-state index >= 15 is 0 Å². The van der Waals surface area contributed by atoms with Gasteiger partial charge in [-0.1, -0.05) is 18.2 Å². The van der Waals surface area contributed by atoms with Crippen molar-refractivity contribution in [3.63, 3.8) is 0 Å². The Labute approximate surface area is 174 Å². The molecule has 0 aliphatic rings. The fourth-order valence-electron chi connectivity index (χ4n) is 3.19. The minimum atomic E-state index is -0.222. The number of aryl methyl sites for hydroxylation is 1. The molecule has 0 unspecified atom stereocenters. The number of allylic oxidation sites excluding steroid dienone is 1. The predicted molar refractivity (Wildman–Crippen MR) is 120 cm³/mol. The maximum Gasteiger partial charge on any atom is 0.209 e. The predicted octanol–water partition coefficient (Wildman–Crippen LogP) is 3.92. The van der Waals surface area contributed by atoms with E-state index in [0.717, 1.165) is 22.6 Å². The monoisotopic (exact) mass is 395 g/mol. The summed E-state index contributed by atoms with van der Waals surface area (Å²) in [6, 6.07) is 20.9. The van der Waals surface area contributed by atoms with E-state index < -0.39 is 0 Å². The van der Waals surface area contributed by atoms with Crippen molar-refractivity contribution in [2.75, 3.05) is 0 Å². The molecule has 4 aromatic rings. The lowest BCUT2D eigenvalue weighted by Gasteiger charge is -2.12. The van der Waals surface area contributed by atoms with Crippen LogP contribution in [0.4, 0.5) is 5.69 Å². The summed E-state index contributed by atoms with van der Waals surface area (Å²) in [6.45, 7) is 2.01. The molecule has 148 valence electrons. The van der Waals surface area contributed by atoms with E-state index in [9.17, 15) is 4.79 Å². The molecule has 2 aromatic carbocycles. The average Bonchev–Trinajstić information content (AvgIpc) is 3.30. The summed E-state index contributed by atoms with van der Waals surface area (Å²) in [5.41, 5.74) is 9.70. The molecule has 0 radical (unpaired) electrons. The van der Waals surface area contributed by atoms with Crippen LogP contribution in [0.2, 0.25) is 0 Å². The molecule has 0 amide bonds. The fourth-order valence-corrected chi connectivity index (χ4v) is 3.19. The molecular weight excluding hydrogens is 374 g/mol. The Bertz CT molecular complexity index is 1270. The molecule has 0 atom stereocenters. The summed E-state index contributed by atoms with van der Waals surface area (Å²) in [6.07, 6.45) is 8.60. The lowest BCUT2D eigenvalue weighted by molar-refractivity contribution is 0.822. The van der Waals surface area contributed by atoms with Gasteiger partial charge in [0.05, 0.1) is 17.1 Å². The molecule has 2 aromatic heterocycles. The minimum Gasteiger partial charge on any atom is -0.405 e. The van der Waals surface area contributed by atoms with Crippen molar-refractivity contribution in [3.8, 4) is 11.4 Å². The van der Waals surface area contributed by atoms with Crippen LogP contribution in [-0.4, -0.2) is 20.1 Å². The maximum atomic E-state index is 12.6. The zero-order valence-corrected chi connectivity index (χ0v) is 16.5. The molecule has 0 saturated carbocycles. The van der Waals surface area contributed by atoms with Crippen molar-refractivity contribution >= 4 is 11.4 Å². The highest BCUT2D eigenvalue weighted by Crippen LogP contribution is 2.18. The molecule has 0 aliphatic heterocycles. The Morgan fingerprint density at radius 1 is 1.00 bits per heavy atom. The molecule has 0 aliphatic carbocycles. The lowest BCUT2D eigenvalue weighted by atomic mass is 10.1. The second-order valence-electron chi connectivity index (χ2n) is 6.73. The van der Waals surface area contributed by atoms with E-state index in [2.05, 4.69) is 16.2 Å². The van der Waals surface area contributed by atoms with Crippen LogP contribution in [0.3, 0.4) is 0 Å². The highest BCUT2D eigenvalue weighted by molar-refractivity contribution is 6.08. The van der Waals surface area contributed by atoms with Crippen molar-refractivity contribution in [2.24, 2.45) is 10.7 Å². The maximum absolute atomic E-state index is 12.6. The van der Waals surface area contributed by atoms with E-state index in [-0.39, 0.29) is 11.1 Å². The summed E-state index contributed by atoms with van der Waals surface area (Å²) in [7, 11) is 0. The summed E-state index contributed by atoms with van der Waals surface area (Å²) < 4.78 is 3.73. The molecule has 6 heteroatoms. The first-order valence-electron chi connectivity index (χ1n) is 9.52. The van der Waals surface area contributed by atoms with E-state index in [1.54, 1.807) is 17.0 Å².